The van der Waals surface area contributed by atoms with Crippen LogP contribution < -0.4 is 10.2 Å². The van der Waals surface area contributed by atoms with Crippen LogP contribution in [0.25, 0.3) is 0 Å². The summed E-state index contributed by atoms with van der Waals surface area (Å²) in [6, 6.07) is 17.2. The van der Waals surface area contributed by atoms with Crippen LogP contribution in [0.15, 0.2) is 76.4 Å². The average molecular weight is 378 g/mol. The molecule has 5 nitrogen and oxygen atoms in total. The van der Waals surface area contributed by atoms with E-state index in [0.717, 1.165) is 21.7 Å². The number of carbonyl (C=O) groups excluding carboxylic acids is 2. The minimum absolute atomic E-state index is 0.0484. The number of furan rings is 1. The molecule has 2 amide bonds. The molecule has 0 unspecified atom stereocenters. The molecule has 3 aromatic rings. The van der Waals surface area contributed by atoms with Crippen LogP contribution in [-0.4, -0.2) is 17.6 Å². The Morgan fingerprint density at radius 1 is 1.11 bits per heavy atom. The van der Waals surface area contributed by atoms with Crippen LogP contribution in [0.5, 0.6) is 0 Å². The van der Waals surface area contributed by atoms with E-state index in [-0.39, 0.29) is 11.8 Å². The zero-order chi connectivity index (χ0) is 18.6. The van der Waals surface area contributed by atoms with Crippen molar-refractivity contribution < 1.29 is 14.0 Å². The van der Waals surface area contributed by atoms with Crippen LogP contribution in [0, 0.1) is 0 Å². The molecule has 2 aromatic carbocycles. The molecule has 4 rings (SSSR count). The molecule has 0 saturated heterocycles. The maximum atomic E-state index is 12.5. The Bertz CT molecular complexity index is 955. The summed E-state index contributed by atoms with van der Waals surface area (Å²) in [4.78, 5) is 27.8. The van der Waals surface area contributed by atoms with Gasteiger partial charge < -0.3 is 14.6 Å². The number of nitrogens with zero attached hydrogens (tertiary/aromatic N) is 1. The first-order valence-electron chi connectivity index (χ1n) is 8.61. The highest BCUT2D eigenvalue weighted by molar-refractivity contribution is 8.00. The van der Waals surface area contributed by atoms with Gasteiger partial charge >= 0.3 is 0 Å². The molecule has 0 aliphatic carbocycles. The quantitative estimate of drug-likeness (QED) is 0.733. The first-order chi connectivity index (χ1) is 13.2. The van der Waals surface area contributed by atoms with E-state index in [4.69, 9.17) is 4.42 Å². The lowest BCUT2D eigenvalue weighted by Gasteiger charge is -2.29. The molecule has 2 heterocycles. The van der Waals surface area contributed by atoms with Gasteiger partial charge in [-0.05, 0) is 29.8 Å². The number of carbonyl (C=O) groups is 2. The number of anilines is 1. The molecule has 0 spiro atoms. The van der Waals surface area contributed by atoms with Crippen LogP contribution in [0.2, 0.25) is 0 Å². The van der Waals surface area contributed by atoms with E-state index in [1.165, 1.54) is 11.8 Å². The molecule has 0 atom stereocenters. The molecule has 6 heteroatoms. The summed E-state index contributed by atoms with van der Waals surface area (Å²) >= 11 is 1.51. The molecular formula is C21H18N2O3S. The van der Waals surface area contributed by atoms with E-state index < -0.39 is 0 Å². The Balaban J connectivity index is 1.56. The number of thioether (sulfide) groups is 1. The van der Waals surface area contributed by atoms with E-state index in [0.29, 0.717) is 24.4 Å². The minimum atomic E-state index is -0.179. The van der Waals surface area contributed by atoms with Gasteiger partial charge in [0.25, 0.3) is 5.91 Å². The maximum absolute atomic E-state index is 12.5. The van der Waals surface area contributed by atoms with Crippen molar-refractivity contribution in [1.29, 1.82) is 0 Å². The first-order valence-corrected chi connectivity index (χ1v) is 9.60. The Labute approximate surface area is 161 Å². The van der Waals surface area contributed by atoms with Gasteiger partial charge in [-0.25, -0.2) is 0 Å². The fourth-order valence-corrected chi connectivity index (χ4v) is 3.88. The summed E-state index contributed by atoms with van der Waals surface area (Å²) in [6.07, 6.45) is 3.18. The average Bonchev–Trinajstić information content (AvgIpc) is 3.22. The van der Waals surface area contributed by atoms with Gasteiger partial charge in [-0.3, -0.25) is 9.59 Å². The predicted octanol–water partition coefficient (Wildman–Crippen LogP) is 3.85. The summed E-state index contributed by atoms with van der Waals surface area (Å²) in [5.41, 5.74) is 3.28. The predicted molar refractivity (Wildman–Crippen MR) is 105 cm³/mol. The highest BCUT2D eigenvalue weighted by Gasteiger charge is 2.26. The molecule has 1 aliphatic heterocycles. The Hall–Kier alpha value is -2.99. The van der Waals surface area contributed by atoms with Crippen molar-refractivity contribution in [3.8, 4) is 0 Å². The number of fused-ring (bicyclic) bond motifs is 1. The minimum Gasteiger partial charge on any atom is -0.472 e. The number of hydrogen-bond acceptors (Lipinski definition) is 4. The van der Waals surface area contributed by atoms with E-state index >= 15 is 0 Å². The molecule has 0 saturated carbocycles. The van der Waals surface area contributed by atoms with E-state index in [9.17, 15) is 9.59 Å². The maximum Gasteiger partial charge on any atom is 0.251 e. The third-order valence-electron chi connectivity index (χ3n) is 4.38. The molecule has 0 fully saturated rings. The molecule has 1 N–H and O–H groups in total. The molecule has 136 valence electrons. The molecule has 27 heavy (non-hydrogen) atoms. The Morgan fingerprint density at radius 3 is 2.74 bits per heavy atom. The fourth-order valence-electron chi connectivity index (χ4n) is 2.96. The van der Waals surface area contributed by atoms with Gasteiger partial charge in [0.15, 0.2) is 0 Å². The van der Waals surface area contributed by atoms with Gasteiger partial charge in [-0.15, -0.1) is 11.8 Å². The number of hydrogen-bond donors (Lipinski definition) is 1. The summed E-state index contributed by atoms with van der Waals surface area (Å²) in [5, 5.41) is 2.87. The lowest BCUT2D eigenvalue weighted by atomic mass is 10.1. The molecule has 0 radical (unpaired) electrons. The summed E-state index contributed by atoms with van der Waals surface area (Å²) in [5.74, 6) is 0.278. The topological polar surface area (TPSA) is 62.6 Å². The van der Waals surface area contributed by atoms with Crippen LogP contribution in [0.4, 0.5) is 5.69 Å². The molecule has 0 bridgehead atoms. The van der Waals surface area contributed by atoms with Crippen LogP contribution in [-0.2, 0) is 17.9 Å². The Kier molecular flexibility index (Phi) is 4.98. The van der Waals surface area contributed by atoms with Crippen molar-refractivity contribution in [1.82, 2.24) is 5.32 Å². The Morgan fingerprint density at radius 2 is 1.96 bits per heavy atom. The SMILES string of the molecule is O=C(NCc1ccoc1)c1ccc2c(c1)N(Cc1ccccc1)C(=O)CS2. The lowest BCUT2D eigenvalue weighted by molar-refractivity contribution is -0.116. The molecular weight excluding hydrogens is 360 g/mol. The zero-order valence-corrected chi connectivity index (χ0v) is 15.4. The number of benzene rings is 2. The van der Waals surface area contributed by atoms with Gasteiger partial charge in [0.2, 0.25) is 5.91 Å². The third kappa shape index (κ3) is 3.90. The largest absolute Gasteiger partial charge is 0.472 e. The highest BCUT2D eigenvalue weighted by atomic mass is 32.2. The van der Waals surface area contributed by atoms with Gasteiger partial charge in [0.05, 0.1) is 30.5 Å². The van der Waals surface area contributed by atoms with Crippen molar-refractivity contribution in [2.24, 2.45) is 0 Å². The first kappa shape index (κ1) is 17.4. The second kappa shape index (κ2) is 7.72. The summed E-state index contributed by atoms with van der Waals surface area (Å²) < 4.78 is 5.01. The van der Waals surface area contributed by atoms with E-state index in [2.05, 4.69) is 5.32 Å². The second-order valence-corrected chi connectivity index (χ2v) is 7.27. The monoisotopic (exact) mass is 378 g/mol. The second-order valence-electron chi connectivity index (χ2n) is 6.25. The van der Waals surface area contributed by atoms with Crippen molar-refractivity contribution in [2.75, 3.05) is 10.7 Å². The summed E-state index contributed by atoms with van der Waals surface area (Å²) in [6.45, 7) is 0.890. The van der Waals surface area contributed by atoms with Crippen molar-refractivity contribution in [3.63, 3.8) is 0 Å². The highest BCUT2D eigenvalue weighted by Crippen LogP contribution is 2.36. The standard InChI is InChI=1S/C21H18N2O3S/c24-20-14-27-19-7-6-17(21(25)22-11-16-8-9-26-13-16)10-18(19)23(20)12-15-4-2-1-3-5-15/h1-10,13H,11-12,14H2,(H,22,25). The summed E-state index contributed by atoms with van der Waals surface area (Å²) in [7, 11) is 0. The van der Waals surface area contributed by atoms with Crippen LogP contribution >= 0.6 is 11.8 Å². The van der Waals surface area contributed by atoms with E-state index in [1.807, 2.05) is 42.5 Å². The smallest absolute Gasteiger partial charge is 0.251 e. The molecule has 1 aliphatic rings. The number of rotatable bonds is 5. The van der Waals surface area contributed by atoms with Gasteiger partial charge in [-0.1, -0.05) is 30.3 Å². The van der Waals surface area contributed by atoms with Crippen molar-refractivity contribution in [2.45, 2.75) is 18.0 Å². The number of nitrogens with one attached hydrogen (secondary N) is 1. The van der Waals surface area contributed by atoms with Crippen molar-refractivity contribution >= 4 is 29.3 Å². The normalized spacial score (nSPS) is 13.3. The van der Waals surface area contributed by atoms with Crippen LogP contribution in [0.3, 0.4) is 0 Å². The van der Waals surface area contributed by atoms with E-state index in [1.54, 1.807) is 29.6 Å². The van der Waals surface area contributed by atoms with Crippen LogP contribution in [0.1, 0.15) is 21.5 Å². The lowest BCUT2D eigenvalue weighted by Crippen LogP contribution is -2.35. The third-order valence-corrected chi connectivity index (χ3v) is 5.43. The van der Waals surface area contributed by atoms with Crippen molar-refractivity contribution in [3.05, 3.63) is 83.8 Å². The number of amides is 2. The van der Waals surface area contributed by atoms with Gasteiger partial charge in [0.1, 0.15) is 0 Å². The van der Waals surface area contributed by atoms with Gasteiger partial charge in [-0.2, -0.15) is 0 Å². The zero-order valence-electron chi connectivity index (χ0n) is 14.6. The molecule has 1 aromatic heterocycles. The fraction of sp³-hybridized carbons (Fsp3) is 0.143. The van der Waals surface area contributed by atoms with Gasteiger partial charge in [0, 0.05) is 22.6 Å².